The van der Waals surface area contributed by atoms with Gasteiger partial charge in [0.1, 0.15) is 17.6 Å². The van der Waals surface area contributed by atoms with Crippen LogP contribution in [0.1, 0.15) is 22.3 Å². The van der Waals surface area contributed by atoms with Gasteiger partial charge >= 0.3 is 0 Å². The molecule has 0 aliphatic heterocycles. The van der Waals surface area contributed by atoms with Crippen LogP contribution in [0.25, 0.3) is 0 Å². The lowest BCUT2D eigenvalue weighted by molar-refractivity contribution is 0.473. The summed E-state index contributed by atoms with van der Waals surface area (Å²) >= 11 is 3.36. The maximum Gasteiger partial charge on any atom is 0.145 e. The first-order valence-electron chi connectivity index (χ1n) is 5.97. The third-order valence-electron chi connectivity index (χ3n) is 3.15. The molecule has 0 amide bonds. The molecule has 0 fully saturated rings. The third kappa shape index (κ3) is 2.80. The normalized spacial score (nSPS) is 10.1. The van der Waals surface area contributed by atoms with Crippen molar-refractivity contribution in [2.24, 2.45) is 0 Å². The topological polar surface area (TPSA) is 33.0 Å². The van der Waals surface area contributed by atoms with Crippen LogP contribution in [0.2, 0.25) is 0 Å². The van der Waals surface area contributed by atoms with Crippen LogP contribution in [0.3, 0.4) is 0 Å². The van der Waals surface area contributed by atoms with E-state index in [1.807, 2.05) is 32.0 Å². The van der Waals surface area contributed by atoms with Crippen molar-refractivity contribution in [2.45, 2.75) is 20.8 Å². The fraction of sp³-hybridized carbons (Fsp3) is 0.188. The Morgan fingerprint density at radius 1 is 1.05 bits per heavy atom. The van der Waals surface area contributed by atoms with Crippen LogP contribution in [0.15, 0.2) is 34.8 Å². The largest absolute Gasteiger partial charge is 0.455 e. The van der Waals surface area contributed by atoms with Gasteiger partial charge in [-0.05, 0) is 55.7 Å². The number of hydrogen-bond donors (Lipinski definition) is 0. The van der Waals surface area contributed by atoms with Crippen LogP contribution in [0, 0.1) is 32.1 Å². The van der Waals surface area contributed by atoms with Crippen LogP contribution in [-0.2, 0) is 0 Å². The second kappa shape index (κ2) is 5.46. The highest BCUT2D eigenvalue weighted by molar-refractivity contribution is 9.10. The lowest BCUT2D eigenvalue weighted by Crippen LogP contribution is -1.95. The molecule has 19 heavy (non-hydrogen) atoms. The Morgan fingerprint density at radius 2 is 1.74 bits per heavy atom. The smallest absolute Gasteiger partial charge is 0.145 e. The molecule has 2 aromatic rings. The standard InChI is InChI=1S/C16H14BrNO/c1-10-4-5-11(2)16(12(10)3)19-15-7-6-14(17)8-13(15)9-18/h4-8H,1-3H3. The van der Waals surface area contributed by atoms with E-state index < -0.39 is 0 Å². The summed E-state index contributed by atoms with van der Waals surface area (Å²) < 4.78 is 6.82. The SMILES string of the molecule is Cc1ccc(C)c(Oc2ccc(Br)cc2C#N)c1C. The van der Waals surface area contributed by atoms with E-state index in [9.17, 15) is 0 Å². The summed E-state index contributed by atoms with van der Waals surface area (Å²) in [7, 11) is 0. The van der Waals surface area contributed by atoms with E-state index in [0.717, 1.165) is 21.3 Å². The molecule has 96 valence electrons. The minimum atomic E-state index is 0.523. The van der Waals surface area contributed by atoms with Gasteiger partial charge in [0, 0.05) is 4.47 Å². The quantitative estimate of drug-likeness (QED) is 0.778. The van der Waals surface area contributed by atoms with Crippen molar-refractivity contribution in [1.82, 2.24) is 0 Å². The minimum Gasteiger partial charge on any atom is -0.455 e. The Balaban J connectivity index is 2.48. The molecular weight excluding hydrogens is 302 g/mol. The predicted octanol–water partition coefficient (Wildman–Crippen LogP) is 5.04. The molecule has 0 N–H and O–H groups in total. The van der Waals surface area contributed by atoms with E-state index in [-0.39, 0.29) is 0 Å². The Morgan fingerprint density at radius 3 is 2.42 bits per heavy atom. The summed E-state index contributed by atoms with van der Waals surface area (Å²) in [4.78, 5) is 0. The summed E-state index contributed by atoms with van der Waals surface area (Å²) in [6.07, 6.45) is 0. The molecule has 0 saturated heterocycles. The predicted molar refractivity (Wildman–Crippen MR) is 79.6 cm³/mol. The zero-order valence-electron chi connectivity index (χ0n) is 11.1. The number of ether oxygens (including phenoxy) is 1. The molecule has 2 aromatic carbocycles. The highest BCUT2D eigenvalue weighted by Crippen LogP contribution is 2.33. The van der Waals surface area contributed by atoms with Crippen molar-refractivity contribution in [3.05, 3.63) is 57.1 Å². The van der Waals surface area contributed by atoms with Crippen molar-refractivity contribution in [1.29, 1.82) is 5.26 Å². The van der Waals surface area contributed by atoms with E-state index in [0.29, 0.717) is 11.3 Å². The second-order valence-electron chi connectivity index (χ2n) is 4.51. The Bertz CT molecular complexity index is 671. The molecule has 0 aromatic heterocycles. The molecule has 0 saturated carbocycles. The molecule has 0 aliphatic rings. The van der Waals surface area contributed by atoms with E-state index in [1.165, 1.54) is 5.56 Å². The van der Waals surface area contributed by atoms with Crippen LogP contribution in [0.5, 0.6) is 11.5 Å². The molecular formula is C16H14BrNO. The summed E-state index contributed by atoms with van der Waals surface area (Å²) in [5.74, 6) is 1.42. The van der Waals surface area contributed by atoms with Gasteiger partial charge in [-0.25, -0.2) is 0 Å². The number of halogens is 1. The van der Waals surface area contributed by atoms with E-state index in [2.05, 4.69) is 35.0 Å². The molecule has 0 aliphatic carbocycles. The molecule has 2 rings (SSSR count). The Kier molecular flexibility index (Phi) is 3.92. The molecule has 0 bridgehead atoms. The molecule has 0 spiro atoms. The molecule has 0 heterocycles. The highest BCUT2D eigenvalue weighted by Gasteiger charge is 2.10. The van der Waals surface area contributed by atoms with Crippen molar-refractivity contribution in [2.75, 3.05) is 0 Å². The maximum atomic E-state index is 9.16. The van der Waals surface area contributed by atoms with Gasteiger partial charge in [0.05, 0.1) is 5.56 Å². The first-order chi connectivity index (χ1) is 9.02. The minimum absolute atomic E-state index is 0.523. The van der Waals surface area contributed by atoms with Gasteiger partial charge < -0.3 is 4.74 Å². The first-order valence-corrected chi connectivity index (χ1v) is 6.76. The average Bonchev–Trinajstić information content (AvgIpc) is 2.40. The van der Waals surface area contributed by atoms with Gasteiger partial charge in [0.2, 0.25) is 0 Å². The van der Waals surface area contributed by atoms with E-state index in [4.69, 9.17) is 10.00 Å². The van der Waals surface area contributed by atoms with Crippen molar-refractivity contribution in [3.63, 3.8) is 0 Å². The lowest BCUT2D eigenvalue weighted by Gasteiger charge is -2.14. The molecule has 0 unspecified atom stereocenters. The van der Waals surface area contributed by atoms with Crippen molar-refractivity contribution >= 4 is 15.9 Å². The van der Waals surface area contributed by atoms with Crippen molar-refractivity contribution in [3.8, 4) is 17.6 Å². The fourth-order valence-electron chi connectivity index (χ4n) is 1.87. The van der Waals surface area contributed by atoms with Gasteiger partial charge in [0.25, 0.3) is 0 Å². The molecule has 0 atom stereocenters. The number of nitrogens with zero attached hydrogens (tertiary/aromatic N) is 1. The van der Waals surface area contributed by atoms with E-state index >= 15 is 0 Å². The average molecular weight is 316 g/mol. The first kappa shape index (κ1) is 13.6. The second-order valence-corrected chi connectivity index (χ2v) is 5.42. The zero-order valence-corrected chi connectivity index (χ0v) is 12.7. The summed E-state index contributed by atoms with van der Waals surface area (Å²) in [6.45, 7) is 6.09. The van der Waals surface area contributed by atoms with Gasteiger partial charge in [-0.3, -0.25) is 0 Å². The van der Waals surface area contributed by atoms with Crippen LogP contribution < -0.4 is 4.74 Å². The Labute approximate surface area is 121 Å². The third-order valence-corrected chi connectivity index (χ3v) is 3.64. The fourth-order valence-corrected chi connectivity index (χ4v) is 2.23. The number of rotatable bonds is 2. The summed E-state index contributed by atoms with van der Waals surface area (Å²) in [5.41, 5.74) is 3.87. The molecule has 2 nitrogen and oxygen atoms in total. The zero-order chi connectivity index (χ0) is 14.0. The molecule has 3 heteroatoms. The van der Waals surface area contributed by atoms with E-state index in [1.54, 1.807) is 6.07 Å². The van der Waals surface area contributed by atoms with Crippen LogP contribution >= 0.6 is 15.9 Å². The summed E-state index contributed by atoms with van der Waals surface area (Å²) in [6, 6.07) is 11.7. The highest BCUT2D eigenvalue weighted by atomic mass is 79.9. The number of hydrogen-bond acceptors (Lipinski definition) is 2. The van der Waals surface area contributed by atoms with Crippen molar-refractivity contribution < 1.29 is 4.74 Å². The summed E-state index contributed by atoms with van der Waals surface area (Å²) in [5, 5.41) is 9.16. The van der Waals surface area contributed by atoms with Gasteiger partial charge in [-0.2, -0.15) is 5.26 Å². The lowest BCUT2D eigenvalue weighted by atomic mass is 10.1. The van der Waals surface area contributed by atoms with Gasteiger partial charge in [-0.1, -0.05) is 28.1 Å². The van der Waals surface area contributed by atoms with Gasteiger partial charge in [0.15, 0.2) is 0 Å². The number of nitriles is 1. The van der Waals surface area contributed by atoms with Crippen LogP contribution in [-0.4, -0.2) is 0 Å². The molecule has 0 radical (unpaired) electrons. The number of aryl methyl sites for hydroxylation is 2. The Hall–Kier alpha value is -1.79. The maximum absolute atomic E-state index is 9.16. The monoisotopic (exact) mass is 315 g/mol. The van der Waals surface area contributed by atoms with Crippen LogP contribution in [0.4, 0.5) is 0 Å². The van der Waals surface area contributed by atoms with Gasteiger partial charge in [-0.15, -0.1) is 0 Å². The number of benzene rings is 2.